The van der Waals surface area contributed by atoms with Gasteiger partial charge in [-0.3, -0.25) is 9.79 Å². The van der Waals surface area contributed by atoms with Crippen molar-refractivity contribution in [2.24, 2.45) is 4.99 Å². The highest BCUT2D eigenvalue weighted by molar-refractivity contribution is 6.39. The highest BCUT2D eigenvalue weighted by Gasteiger charge is 2.28. The zero-order valence-electron chi connectivity index (χ0n) is 14.3. The summed E-state index contributed by atoms with van der Waals surface area (Å²) < 4.78 is 1.76. The lowest BCUT2D eigenvalue weighted by Gasteiger charge is -2.15. The second-order valence-electron chi connectivity index (χ2n) is 6.22. The Morgan fingerprint density at radius 2 is 1.92 bits per heavy atom. The number of hydrogen-bond acceptors (Lipinski definition) is 4. The van der Waals surface area contributed by atoms with Gasteiger partial charge in [-0.1, -0.05) is 29.3 Å². The molecule has 1 aromatic carbocycles. The number of aromatic amines is 1. The molecule has 4 rings (SSSR count). The van der Waals surface area contributed by atoms with Gasteiger partial charge in [0, 0.05) is 11.6 Å². The number of halogens is 2. The topological polar surface area (TPSA) is 75.9 Å². The van der Waals surface area contributed by atoms with Crippen LogP contribution in [0.5, 0.6) is 0 Å². The van der Waals surface area contributed by atoms with Crippen LogP contribution in [-0.2, 0) is 0 Å². The number of rotatable bonds is 1. The first-order valence-corrected chi connectivity index (χ1v) is 8.83. The average molecular weight is 388 g/mol. The minimum atomic E-state index is -0.297. The minimum Gasteiger partial charge on any atom is -0.319 e. The fraction of sp³-hybridized carbons (Fsp3) is 0.222. The first-order chi connectivity index (χ1) is 12.4. The summed E-state index contributed by atoms with van der Waals surface area (Å²) in [5, 5.41) is 5.44. The number of benzene rings is 1. The van der Waals surface area contributed by atoms with Crippen LogP contribution in [0.3, 0.4) is 0 Å². The van der Waals surface area contributed by atoms with E-state index >= 15 is 0 Å². The highest BCUT2D eigenvalue weighted by atomic mass is 35.5. The van der Waals surface area contributed by atoms with E-state index in [0.29, 0.717) is 38.7 Å². The van der Waals surface area contributed by atoms with Crippen molar-refractivity contribution in [3.8, 4) is 5.69 Å². The van der Waals surface area contributed by atoms with E-state index in [-0.39, 0.29) is 11.6 Å². The van der Waals surface area contributed by atoms with Crippen molar-refractivity contribution in [2.45, 2.75) is 26.8 Å². The standard InChI is InChI=1S/C18H15Cl2N5O/c1-8-4-6-12-14(15(8)20)17(16-11(19)5-7-13(26)23-16)21-9(2)18-22-10(3)24-25(12)18/h4-7,9H,1-3H3,(H,23,26)/t9-/m0/s1. The van der Waals surface area contributed by atoms with Gasteiger partial charge in [-0.05, 0) is 38.5 Å². The van der Waals surface area contributed by atoms with E-state index < -0.39 is 0 Å². The molecule has 0 fully saturated rings. The Balaban J connectivity index is 2.12. The van der Waals surface area contributed by atoms with E-state index in [2.05, 4.69) is 15.1 Å². The number of aliphatic imine (C=N–C) groups is 1. The molecule has 0 saturated carbocycles. The molecule has 0 unspecified atom stereocenters. The number of fused-ring (bicyclic) bond motifs is 3. The molecule has 132 valence electrons. The molecule has 0 radical (unpaired) electrons. The van der Waals surface area contributed by atoms with Crippen molar-refractivity contribution in [3.05, 3.63) is 73.1 Å². The summed E-state index contributed by atoms with van der Waals surface area (Å²) in [6.45, 7) is 5.67. The molecule has 0 amide bonds. The molecule has 26 heavy (non-hydrogen) atoms. The van der Waals surface area contributed by atoms with Crippen LogP contribution in [0.15, 0.2) is 34.1 Å². The molecule has 3 aromatic rings. The van der Waals surface area contributed by atoms with Crippen molar-refractivity contribution in [2.75, 3.05) is 0 Å². The summed E-state index contributed by atoms with van der Waals surface area (Å²) in [6.07, 6.45) is 0. The Hall–Kier alpha value is -2.44. The van der Waals surface area contributed by atoms with Crippen molar-refractivity contribution in [3.63, 3.8) is 0 Å². The van der Waals surface area contributed by atoms with Crippen LogP contribution < -0.4 is 5.56 Å². The molecular weight excluding hydrogens is 373 g/mol. The minimum absolute atomic E-state index is 0.263. The van der Waals surface area contributed by atoms with Gasteiger partial charge < -0.3 is 4.98 Å². The van der Waals surface area contributed by atoms with Crippen LogP contribution in [-0.4, -0.2) is 25.5 Å². The first kappa shape index (κ1) is 17.0. The summed E-state index contributed by atoms with van der Waals surface area (Å²) in [7, 11) is 0. The van der Waals surface area contributed by atoms with Crippen LogP contribution >= 0.6 is 23.2 Å². The maximum absolute atomic E-state index is 11.9. The van der Waals surface area contributed by atoms with E-state index in [1.165, 1.54) is 6.07 Å². The summed E-state index contributed by atoms with van der Waals surface area (Å²) >= 11 is 13.0. The predicted molar refractivity (Wildman–Crippen MR) is 102 cm³/mol. The van der Waals surface area contributed by atoms with Crippen molar-refractivity contribution in [1.82, 2.24) is 19.7 Å². The summed E-state index contributed by atoms with van der Waals surface area (Å²) in [5.41, 5.74) is 3.00. The average Bonchev–Trinajstić information content (AvgIpc) is 2.94. The third-order valence-electron chi connectivity index (χ3n) is 4.32. The van der Waals surface area contributed by atoms with E-state index in [9.17, 15) is 4.79 Å². The highest BCUT2D eigenvalue weighted by Crippen LogP contribution is 2.35. The summed E-state index contributed by atoms with van der Waals surface area (Å²) in [4.78, 5) is 24.0. The number of nitrogens with one attached hydrogen (secondary N) is 1. The molecule has 0 saturated heterocycles. The van der Waals surface area contributed by atoms with E-state index in [0.717, 1.165) is 11.3 Å². The normalized spacial score (nSPS) is 15.9. The fourth-order valence-electron chi connectivity index (χ4n) is 3.09. The number of nitrogens with zero attached hydrogens (tertiary/aromatic N) is 4. The number of H-pyrrole nitrogens is 1. The molecular formula is C18H15Cl2N5O. The van der Waals surface area contributed by atoms with E-state index in [4.69, 9.17) is 28.2 Å². The van der Waals surface area contributed by atoms with Gasteiger partial charge in [0.15, 0.2) is 5.82 Å². The summed E-state index contributed by atoms with van der Waals surface area (Å²) in [6, 6.07) is 6.48. The third-order valence-corrected chi connectivity index (χ3v) is 5.12. The van der Waals surface area contributed by atoms with Crippen molar-refractivity contribution < 1.29 is 0 Å². The quantitative estimate of drug-likeness (QED) is 0.689. The Labute approximate surface area is 159 Å². The Morgan fingerprint density at radius 3 is 2.69 bits per heavy atom. The summed E-state index contributed by atoms with van der Waals surface area (Å²) in [5.74, 6) is 1.35. The molecule has 0 bridgehead atoms. The van der Waals surface area contributed by atoms with Gasteiger partial charge in [0.05, 0.1) is 27.1 Å². The molecule has 6 nitrogen and oxygen atoms in total. The van der Waals surface area contributed by atoms with Gasteiger partial charge in [0.25, 0.3) is 0 Å². The Morgan fingerprint density at radius 1 is 1.15 bits per heavy atom. The van der Waals surface area contributed by atoms with Crippen molar-refractivity contribution >= 4 is 28.9 Å². The number of hydrogen-bond donors (Lipinski definition) is 1. The molecule has 0 aliphatic carbocycles. The zero-order valence-corrected chi connectivity index (χ0v) is 15.9. The molecule has 8 heteroatoms. The number of aryl methyl sites for hydroxylation is 2. The van der Waals surface area contributed by atoms with Gasteiger partial charge in [-0.15, -0.1) is 0 Å². The van der Waals surface area contributed by atoms with Crippen LogP contribution in [0.1, 0.15) is 41.4 Å². The van der Waals surface area contributed by atoms with Gasteiger partial charge in [-0.25, -0.2) is 9.67 Å². The molecule has 1 N–H and O–H groups in total. The van der Waals surface area contributed by atoms with Crippen LogP contribution in [0, 0.1) is 13.8 Å². The van der Waals surface area contributed by atoms with Gasteiger partial charge in [0.1, 0.15) is 11.9 Å². The molecule has 1 aliphatic heterocycles. The number of aromatic nitrogens is 4. The van der Waals surface area contributed by atoms with Gasteiger partial charge in [-0.2, -0.15) is 5.10 Å². The van der Waals surface area contributed by atoms with Crippen molar-refractivity contribution in [1.29, 1.82) is 0 Å². The molecule has 0 spiro atoms. The predicted octanol–water partition coefficient (Wildman–Crippen LogP) is 3.79. The SMILES string of the molecule is Cc1nc2n(n1)-c1ccc(C)c(Cl)c1C(c1[nH]c(=O)ccc1Cl)=N[C@H]2C. The first-order valence-electron chi connectivity index (χ1n) is 8.07. The van der Waals surface area contributed by atoms with E-state index in [1.807, 2.05) is 32.9 Å². The number of pyridine rings is 1. The molecule has 1 atom stereocenters. The maximum atomic E-state index is 11.9. The fourth-order valence-corrected chi connectivity index (χ4v) is 3.53. The smallest absolute Gasteiger partial charge is 0.248 e. The largest absolute Gasteiger partial charge is 0.319 e. The van der Waals surface area contributed by atoms with Crippen LogP contribution in [0.2, 0.25) is 10.0 Å². The van der Waals surface area contributed by atoms with Gasteiger partial charge in [0.2, 0.25) is 5.56 Å². The van der Waals surface area contributed by atoms with Gasteiger partial charge >= 0.3 is 0 Å². The lowest BCUT2D eigenvalue weighted by atomic mass is 10.0. The molecule has 2 aromatic heterocycles. The second-order valence-corrected chi connectivity index (χ2v) is 7.00. The van der Waals surface area contributed by atoms with Crippen LogP contribution in [0.25, 0.3) is 5.69 Å². The second kappa shape index (κ2) is 6.07. The zero-order chi connectivity index (χ0) is 18.6. The lowest BCUT2D eigenvalue weighted by Crippen LogP contribution is -2.16. The molecule has 1 aliphatic rings. The van der Waals surface area contributed by atoms with Crippen LogP contribution in [0.4, 0.5) is 0 Å². The lowest BCUT2D eigenvalue weighted by molar-refractivity contribution is 0.699. The van der Waals surface area contributed by atoms with E-state index in [1.54, 1.807) is 10.7 Å². The third kappa shape index (κ3) is 2.57. The monoisotopic (exact) mass is 387 g/mol. The Bertz CT molecular complexity index is 1130. The maximum Gasteiger partial charge on any atom is 0.248 e. The Kier molecular flexibility index (Phi) is 3.97. The molecule has 3 heterocycles.